The molecule has 0 fully saturated rings. The first kappa shape index (κ1) is 19.7. The van der Waals surface area contributed by atoms with Crippen LogP contribution in [-0.4, -0.2) is 31.4 Å². The van der Waals surface area contributed by atoms with Gasteiger partial charge in [0.15, 0.2) is 0 Å². The third-order valence-electron chi connectivity index (χ3n) is 3.11. The van der Waals surface area contributed by atoms with Crippen molar-refractivity contribution < 1.29 is 19.4 Å². The summed E-state index contributed by atoms with van der Waals surface area (Å²) < 4.78 is 4.66. The topological polar surface area (TPSA) is 63.6 Å². The molecule has 0 amide bonds. The molecule has 1 atom stereocenters. The molecule has 0 aliphatic carbocycles. The van der Waals surface area contributed by atoms with Gasteiger partial charge in [0.1, 0.15) is 0 Å². The van der Waals surface area contributed by atoms with Crippen LogP contribution in [0.2, 0.25) is 15.8 Å². The summed E-state index contributed by atoms with van der Waals surface area (Å²) in [6.07, 6.45) is -1.21. The van der Waals surface area contributed by atoms with Crippen molar-refractivity contribution in [1.82, 2.24) is 0 Å². The van der Waals surface area contributed by atoms with E-state index in [4.69, 9.17) is 5.11 Å². The Morgan fingerprint density at radius 2 is 1.57 bits per heavy atom. The average molecular weight is 354 g/mol. The third-order valence-corrected chi connectivity index (χ3v) is 9.40. The van der Waals surface area contributed by atoms with Crippen LogP contribution < -0.4 is 0 Å². The number of carbonyl (C=O) groups excluding carboxylic acids is 1. The fourth-order valence-corrected chi connectivity index (χ4v) is 4.95. The fourth-order valence-electron chi connectivity index (χ4n) is 1.80. The number of hydrogen-bond acceptors (Lipinski definition) is 3. The van der Waals surface area contributed by atoms with Crippen LogP contribution in [0.5, 0.6) is 0 Å². The van der Waals surface area contributed by atoms with Crippen LogP contribution in [0.25, 0.3) is 0 Å². The molecule has 1 radical (unpaired) electrons. The molecule has 1 aromatic carbocycles. The molecule has 117 valence electrons. The van der Waals surface area contributed by atoms with Crippen LogP contribution in [-0.2, 0) is 14.3 Å². The summed E-state index contributed by atoms with van der Waals surface area (Å²) in [6, 6.07) is 8.34. The molecule has 5 heteroatoms. The summed E-state index contributed by atoms with van der Waals surface area (Å²) >= 11 is -0.403. The van der Waals surface area contributed by atoms with Gasteiger partial charge in [-0.1, -0.05) is 30.3 Å². The Kier molecular flexibility index (Phi) is 10.7. The molecule has 0 bridgehead atoms. The van der Waals surface area contributed by atoms with Crippen molar-refractivity contribution in [2.75, 3.05) is 0 Å². The summed E-state index contributed by atoms with van der Waals surface area (Å²) in [5.41, 5.74) is 0.454. The second kappa shape index (κ2) is 11.4. The van der Waals surface area contributed by atoms with Crippen molar-refractivity contribution in [3.8, 4) is 0 Å². The molecule has 1 N–H and O–H groups in total. The van der Waals surface area contributed by atoms with Crippen molar-refractivity contribution in [3.63, 3.8) is 0 Å². The molecule has 0 spiro atoms. The van der Waals surface area contributed by atoms with Crippen LogP contribution in [0.4, 0.5) is 0 Å². The van der Waals surface area contributed by atoms with Gasteiger partial charge >= 0.3 is 62.8 Å². The standard InChI is InChI=1S/C10H10O4.C6H15Ge/c1-7(11)14-9(10(12)13)8-5-3-2-4-6-8;1-4-7(5-2)6-3/h2-6,9H,1H3,(H,12,13);4-6H2,1-3H3. The van der Waals surface area contributed by atoms with Crippen LogP contribution in [0.15, 0.2) is 30.3 Å². The molecule has 0 heterocycles. The van der Waals surface area contributed by atoms with Gasteiger partial charge in [-0.15, -0.1) is 0 Å². The number of ether oxygens (including phenoxy) is 1. The quantitative estimate of drug-likeness (QED) is 0.622. The summed E-state index contributed by atoms with van der Waals surface area (Å²) in [5.74, 6) is -1.78. The maximum absolute atomic E-state index is 10.8. The van der Waals surface area contributed by atoms with Crippen LogP contribution >= 0.6 is 0 Å². The van der Waals surface area contributed by atoms with Crippen molar-refractivity contribution >= 4 is 26.3 Å². The molecule has 0 aromatic heterocycles. The third kappa shape index (κ3) is 8.55. The van der Waals surface area contributed by atoms with Gasteiger partial charge < -0.3 is 9.84 Å². The van der Waals surface area contributed by atoms with Gasteiger partial charge in [-0.2, -0.15) is 0 Å². The Hall–Kier alpha value is -1.30. The van der Waals surface area contributed by atoms with Crippen LogP contribution in [0, 0.1) is 0 Å². The van der Waals surface area contributed by atoms with Gasteiger partial charge in [-0.3, -0.25) is 4.79 Å². The van der Waals surface area contributed by atoms with E-state index >= 15 is 0 Å². The van der Waals surface area contributed by atoms with Gasteiger partial charge in [0, 0.05) is 12.5 Å². The van der Waals surface area contributed by atoms with E-state index in [0.29, 0.717) is 5.56 Å². The zero-order valence-electron chi connectivity index (χ0n) is 13.3. The molecular formula is C16H25GeO4. The number of carboxylic acids is 1. The van der Waals surface area contributed by atoms with E-state index < -0.39 is 32.4 Å². The van der Waals surface area contributed by atoms with Crippen LogP contribution in [0.3, 0.4) is 0 Å². The minimum absolute atomic E-state index is 0.403. The summed E-state index contributed by atoms with van der Waals surface area (Å²) in [7, 11) is 0. The SMILES string of the molecule is CC(=O)OC(C(=O)O)c1ccccc1.C[CH2][Ge]([CH2]C)[CH2]C. The monoisotopic (exact) mass is 355 g/mol. The van der Waals surface area contributed by atoms with Crippen molar-refractivity contribution in [2.45, 2.75) is 49.6 Å². The predicted molar refractivity (Wildman–Crippen MR) is 85.8 cm³/mol. The first-order valence-electron chi connectivity index (χ1n) is 7.24. The molecule has 4 nitrogen and oxygen atoms in total. The van der Waals surface area contributed by atoms with Crippen LogP contribution in [0.1, 0.15) is 39.4 Å². The number of hydrogen-bond donors (Lipinski definition) is 1. The molecule has 0 aliphatic rings. The molecule has 0 saturated carbocycles. The van der Waals surface area contributed by atoms with E-state index in [1.165, 1.54) is 22.7 Å². The summed E-state index contributed by atoms with van der Waals surface area (Å²) in [5, 5.41) is 13.4. The Morgan fingerprint density at radius 3 is 1.86 bits per heavy atom. The maximum atomic E-state index is 10.8. The summed E-state index contributed by atoms with van der Waals surface area (Å²) in [4.78, 5) is 21.4. The molecule has 0 saturated heterocycles. The van der Waals surface area contributed by atoms with Gasteiger partial charge in [0.05, 0.1) is 0 Å². The first-order valence-corrected chi connectivity index (χ1v) is 11.7. The number of aliphatic carboxylic acids is 1. The Bertz CT molecular complexity index is 410. The number of esters is 1. The van der Waals surface area contributed by atoms with Crippen molar-refractivity contribution in [1.29, 1.82) is 0 Å². The normalized spacial score (nSPS) is 11.3. The molecule has 1 rings (SSSR count). The van der Waals surface area contributed by atoms with E-state index in [9.17, 15) is 9.59 Å². The van der Waals surface area contributed by atoms with E-state index in [2.05, 4.69) is 25.5 Å². The van der Waals surface area contributed by atoms with Gasteiger partial charge in [-0.25, -0.2) is 4.79 Å². The first-order chi connectivity index (χ1) is 9.96. The summed E-state index contributed by atoms with van der Waals surface area (Å²) in [6.45, 7) is 8.19. The second-order valence-electron chi connectivity index (χ2n) is 4.55. The second-order valence-corrected chi connectivity index (χ2v) is 12.1. The Balaban J connectivity index is 0.000000486. The van der Waals surface area contributed by atoms with Gasteiger partial charge in [0.2, 0.25) is 6.10 Å². The van der Waals surface area contributed by atoms with Gasteiger partial charge in [0.25, 0.3) is 0 Å². The van der Waals surface area contributed by atoms with E-state index in [0.717, 1.165) is 0 Å². The number of benzene rings is 1. The molecular weight excluding hydrogens is 329 g/mol. The average Bonchev–Trinajstić information content (AvgIpc) is 2.48. The predicted octanol–water partition coefficient (Wildman–Crippen LogP) is 3.92. The Morgan fingerprint density at radius 1 is 1.10 bits per heavy atom. The van der Waals surface area contributed by atoms with E-state index in [-0.39, 0.29) is 0 Å². The Labute approximate surface area is 131 Å². The van der Waals surface area contributed by atoms with Crippen molar-refractivity contribution in [3.05, 3.63) is 35.9 Å². The zero-order valence-corrected chi connectivity index (χ0v) is 15.4. The van der Waals surface area contributed by atoms with Crippen molar-refractivity contribution in [2.24, 2.45) is 0 Å². The zero-order chi connectivity index (χ0) is 16.3. The minimum atomic E-state index is -1.21. The number of rotatable bonds is 6. The molecule has 0 aliphatic heterocycles. The van der Waals surface area contributed by atoms with Gasteiger partial charge in [-0.05, 0) is 0 Å². The number of carboxylic acid groups (broad SMARTS) is 1. The number of carbonyl (C=O) groups is 2. The van der Waals surface area contributed by atoms with E-state index in [1.807, 2.05) is 0 Å². The molecule has 21 heavy (non-hydrogen) atoms. The van der Waals surface area contributed by atoms with E-state index in [1.54, 1.807) is 30.3 Å². The fraction of sp³-hybridized carbons (Fsp3) is 0.500. The molecule has 1 aromatic rings. The molecule has 1 unspecified atom stereocenters.